The Balaban J connectivity index is 2.95. The summed E-state index contributed by atoms with van der Waals surface area (Å²) in [7, 11) is 0. The highest BCUT2D eigenvalue weighted by atomic mass is 35.5. The zero-order chi connectivity index (χ0) is 12.8. The summed E-state index contributed by atoms with van der Waals surface area (Å²) in [6.07, 6.45) is 3.67. The molecule has 4 heteroatoms. The van der Waals surface area contributed by atoms with E-state index in [1.165, 1.54) is 12.0 Å². The number of carbonyl (C=O) groups excluding carboxylic acids is 1. The van der Waals surface area contributed by atoms with Crippen LogP contribution in [0.5, 0.6) is 0 Å². The number of carbonyl (C=O) groups is 1. The molecule has 0 aromatic heterocycles. The van der Waals surface area contributed by atoms with Crippen molar-refractivity contribution in [2.45, 2.75) is 39.5 Å². The molecule has 0 saturated heterocycles. The van der Waals surface area contributed by atoms with Gasteiger partial charge in [-0.3, -0.25) is 4.79 Å². The molecule has 0 aliphatic heterocycles. The van der Waals surface area contributed by atoms with E-state index in [2.05, 4.69) is 19.9 Å². The van der Waals surface area contributed by atoms with Gasteiger partial charge in [-0.1, -0.05) is 12.5 Å². The standard InChI is InChI=1S/C13H19ClN2O/c1-10-5-3-6-11(2)13(10)16(8-4-7-15)12(17)9-14/h10H,3-6,8-9H2,1-2H3. The smallest absolute Gasteiger partial charge is 0.241 e. The molecule has 94 valence electrons. The number of hydrogen-bond donors (Lipinski definition) is 0. The van der Waals surface area contributed by atoms with Crippen molar-refractivity contribution in [1.82, 2.24) is 4.90 Å². The first kappa shape index (κ1) is 14.1. The van der Waals surface area contributed by atoms with Gasteiger partial charge >= 0.3 is 0 Å². The second-order valence-corrected chi connectivity index (χ2v) is 4.81. The second-order valence-electron chi connectivity index (χ2n) is 4.55. The Labute approximate surface area is 108 Å². The van der Waals surface area contributed by atoms with Crippen molar-refractivity contribution in [3.8, 4) is 6.07 Å². The number of alkyl halides is 1. The molecule has 0 spiro atoms. The van der Waals surface area contributed by atoms with Crippen LogP contribution in [0.25, 0.3) is 0 Å². The fraction of sp³-hybridized carbons (Fsp3) is 0.692. The van der Waals surface area contributed by atoms with Crippen molar-refractivity contribution in [2.24, 2.45) is 5.92 Å². The number of allylic oxidation sites excluding steroid dienone is 2. The molecule has 1 aliphatic carbocycles. The molecule has 0 fully saturated rings. The molecule has 1 rings (SSSR count). The predicted octanol–water partition coefficient (Wildman–Crippen LogP) is 3.06. The van der Waals surface area contributed by atoms with Gasteiger partial charge in [-0.25, -0.2) is 0 Å². The zero-order valence-corrected chi connectivity index (χ0v) is 11.3. The number of halogens is 1. The predicted molar refractivity (Wildman–Crippen MR) is 68.4 cm³/mol. The van der Waals surface area contributed by atoms with Crippen molar-refractivity contribution >= 4 is 17.5 Å². The maximum atomic E-state index is 11.9. The van der Waals surface area contributed by atoms with Crippen molar-refractivity contribution < 1.29 is 4.79 Å². The Hall–Kier alpha value is -1.01. The molecule has 0 heterocycles. The first-order valence-electron chi connectivity index (χ1n) is 6.04. The summed E-state index contributed by atoms with van der Waals surface area (Å²) < 4.78 is 0. The maximum Gasteiger partial charge on any atom is 0.241 e. The average molecular weight is 255 g/mol. The van der Waals surface area contributed by atoms with Gasteiger partial charge in [0.25, 0.3) is 0 Å². The van der Waals surface area contributed by atoms with Gasteiger partial charge < -0.3 is 4.90 Å². The summed E-state index contributed by atoms with van der Waals surface area (Å²) >= 11 is 5.64. The molecule has 1 atom stereocenters. The highest BCUT2D eigenvalue weighted by molar-refractivity contribution is 6.27. The minimum absolute atomic E-state index is 0.0189. The fourth-order valence-electron chi connectivity index (χ4n) is 2.47. The molecule has 0 aromatic carbocycles. The molecule has 1 unspecified atom stereocenters. The molecule has 3 nitrogen and oxygen atoms in total. The van der Waals surface area contributed by atoms with E-state index in [1.54, 1.807) is 4.90 Å². The van der Waals surface area contributed by atoms with Crippen molar-refractivity contribution in [2.75, 3.05) is 12.4 Å². The monoisotopic (exact) mass is 254 g/mol. The number of nitrogens with zero attached hydrogens (tertiary/aromatic N) is 2. The van der Waals surface area contributed by atoms with Crippen LogP contribution in [0.4, 0.5) is 0 Å². The summed E-state index contributed by atoms with van der Waals surface area (Å²) in [6.45, 7) is 4.67. The first-order valence-corrected chi connectivity index (χ1v) is 6.58. The lowest BCUT2D eigenvalue weighted by Crippen LogP contribution is -2.36. The fourth-order valence-corrected chi connectivity index (χ4v) is 2.61. The number of nitriles is 1. The highest BCUT2D eigenvalue weighted by Crippen LogP contribution is 2.32. The quantitative estimate of drug-likeness (QED) is 0.724. The van der Waals surface area contributed by atoms with E-state index < -0.39 is 0 Å². The van der Waals surface area contributed by atoms with Crippen LogP contribution >= 0.6 is 11.6 Å². The maximum absolute atomic E-state index is 11.9. The molecule has 0 saturated carbocycles. The van der Waals surface area contributed by atoms with Crippen LogP contribution in [0.2, 0.25) is 0 Å². The SMILES string of the molecule is CC1=C(N(CCC#N)C(=O)CCl)C(C)CCC1. The lowest BCUT2D eigenvalue weighted by Gasteiger charge is -2.33. The van der Waals surface area contributed by atoms with E-state index in [9.17, 15) is 4.79 Å². The molecule has 0 N–H and O–H groups in total. The van der Waals surface area contributed by atoms with E-state index in [0.717, 1.165) is 18.5 Å². The zero-order valence-electron chi connectivity index (χ0n) is 10.5. The summed E-state index contributed by atoms with van der Waals surface area (Å²) in [6, 6.07) is 2.09. The molecular weight excluding hydrogens is 236 g/mol. The van der Waals surface area contributed by atoms with E-state index in [-0.39, 0.29) is 11.8 Å². The van der Waals surface area contributed by atoms with Crippen LogP contribution in [0.3, 0.4) is 0 Å². The molecule has 1 amide bonds. The van der Waals surface area contributed by atoms with Crippen LogP contribution in [-0.4, -0.2) is 23.2 Å². The van der Waals surface area contributed by atoms with E-state index >= 15 is 0 Å². The molecule has 17 heavy (non-hydrogen) atoms. The summed E-state index contributed by atoms with van der Waals surface area (Å²) in [4.78, 5) is 13.6. The van der Waals surface area contributed by atoms with E-state index in [1.807, 2.05) is 0 Å². The van der Waals surface area contributed by atoms with Crippen LogP contribution in [0.15, 0.2) is 11.3 Å². The van der Waals surface area contributed by atoms with Gasteiger partial charge in [-0.2, -0.15) is 5.26 Å². The molecule has 0 radical (unpaired) electrons. The largest absolute Gasteiger partial charge is 0.314 e. The molecule has 0 bridgehead atoms. The van der Waals surface area contributed by atoms with Crippen molar-refractivity contribution in [1.29, 1.82) is 5.26 Å². The van der Waals surface area contributed by atoms with E-state index in [0.29, 0.717) is 18.9 Å². The number of rotatable bonds is 4. The summed E-state index contributed by atoms with van der Waals surface area (Å²) in [5.41, 5.74) is 2.36. The molecule has 1 aliphatic rings. The van der Waals surface area contributed by atoms with Crippen LogP contribution in [0, 0.1) is 17.2 Å². The Kier molecular flexibility index (Phi) is 5.50. The lowest BCUT2D eigenvalue weighted by molar-refractivity contribution is -0.127. The average Bonchev–Trinajstić information content (AvgIpc) is 2.32. The normalized spacial score (nSPS) is 20.0. The highest BCUT2D eigenvalue weighted by Gasteiger charge is 2.25. The minimum Gasteiger partial charge on any atom is -0.314 e. The van der Waals surface area contributed by atoms with Gasteiger partial charge in [0.1, 0.15) is 5.88 Å². The minimum atomic E-state index is -0.0926. The van der Waals surface area contributed by atoms with Gasteiger partial charge in [0.05, 0.1) is 12.5 Å². The second kappa shape index (κ2) is 6.66. The first-order chi connectivity index (χ1) is 8.11. The van der Waals surface area contributed by atoms with Crippen molar-refractivity contribution in [3.05, 3.63) is 11.3 Å². The van der Waals surface area contributed by atoms with Gasteiger partial charge in [-0.15, -0.1) is 11.6 Å². The number of amides is 1. The molecular formula is C13H19ClN2O. The number of hydrogen-bond acceptors (Lipinski definition) is 2. The van der Waals surface area contributed by atoms with Crippen LogP contribution < -0.4 is 0 Å². The van der Waals surface area contributed by atoms with Crippen molar-refractivity contribution in [3.63, 3.8) is 0 Å². The third-order valence-corrected chi connectivity index (χ3v) is 3.47. The summed E-state index contributed by atoms with van der Waals surface area (Å²) in [5.74, 6) is 0.272. The lowest BCUT2D eigenvalue weighted by atomic mass is 9.88. The Bertz CT molecular complexity index is 357. The third kappa shape index (κ3) is 3.47. The van der Waals surface area contributed by atoms with Gasteiger partial charge in [0, 0.05) is 12.2 Å². The Morgan fingerprint density at radius 2 is 2.35 bits per heavy atom. The molecule has 0 aromatic rings. The van der Waals surface area contributed by atoms with Crippen LogP contribution in [0.1, 0.15) is 39.5 Å². The third-order valence-electron chi connectivity index (χ3n) is 3.25. The van der Waals surface area contributed by atoms with Gasteiger partial charge in [0.2, 0.25) is 5.91 Å². The summed E-state index contributed by atoms with van der Waals surface area (Å²) in [5, 5.41) is 8.66. The van der Waals surface area contributed by atoms with Crippen LogP contribution in [-0.2, 0) is 4.79 Å². The Morgan fingerprint density at radius 1 is 1.65 bits per heavy atom. The van der Waals surface area contributed by atoms with Gasteiger partial charge in [-0.05, 0) is 32.1 Å². The van der Waals surface area contributed by atoms with E-state index in [4.69, 9.17) is 16.9 Å². The Morgan fingerprint density at radius 3 is 2.88 bits per heavy atom. The van der Waals surface area contributed by atoms with Gasteiger partial charge in [0.15, 0.2) is 0 Å². The topological polar surface area (TPSA) is 44.1 Å².